The summed E-state index contributed by atoms with van der Waals surface area (Å²) in [5, 5.41) is 13.7. The van der Waals surface area contributed by atoms with E-state index in [1.807, 2.05) is 0 Å². The van der Waals surface area contributed by atoms with Crippen molar-refractivity contribution in [3.63, 3.8) is 0 Å². The second-order valence-corrected chi connectivity index (χ2v) is 5.39. The van der Waals surface area contributed by atoms with Crippen LogP contribution in [-0.2, 0) is 6.54 Å². The molecule has 0 saturated carbocycles. The Morgan fingerprint density at radius 2 is 1.95 bits per heavy atom. The zero-order valence-electron chi connectivity index (χ0n) is 10.4. The molecule has 0 amide bonds. The zero-order valence-corrected chi connectivity index (χ0v) is 12.7. The van der Waals surface area contributed by atoms with Gasteiger partial charge in [0, 0.05) is 29.8 Å². The van der Waals surface area contributed by atoms with Crippen LogP contribution in [0.15, 0.2) is 34.8 Å². The lowest BCUT2D eigenvalue weighted by molar-refractivity contribution is -0.384. The molecule has 0 unspecified atom stereocenters. The highest BCUT2D eigenvalue weighted by molar-refractivity contribution is 9.10. The summed E-state index contributed by atoms with van der Waals surface area (Å²) in [5.74, 6) is -1.27. The molecule has 2 aromatic rings. The molecule has 0 spiro atoms. The Kier molecular flexibility index (Phi) is 4.74. The van der Waals surface area contributed by atoms with Crippen molar-refractivity contribution in [1.82, 2.24) is 0 Å². The fourth-order valence-electron chi connectivity index (χ4n) is 1.66. The summed E-state index contributed by atoms with van der Waals surface area (Å²) in [7, 11) is 0. The maximum Gasteiger partial charge on any atom is 0.269 e. The first-order valence-corrected chi connectivity index (χ1v) is 6.87. The topological polar surface area (TPSA) is 55.2 Å². The Morgan fingerprint density at radius 1 is 1.24 bits per heavy atom. The maximum atomic E-state index is 13.6. The number of benzene rings is 2. The second-order valence-electron chi connectivity index (χ2n) is 4.13. The molecule has 0 radical (unpaired) electrons. The quantitative estimate of drug-likeness (QED) is 0.468. The van der Waals surface area contributed by atoms with Gasteiger partial charge in [0.25, 0.3) is 5.69 Å². The fourth-order valence-corrected chi connectivity index (χ4v) is 2.16. The molecule has 0 aliphatic carbocycles. The van der Waals surface area contributed by atoms with Crippen LogP contribution in [0.4, 0.5) is 20.2 Å². The summed E-state index contributed by atoms with van der Waals surface area (Å²) in [4.78, 5) is 10.1. The third kappa shape index (κ3) is 3.68. The fraction of sp³-hybridized carbons (Fsp3) is 0.0769. The molecule has 0 aliphatic heterocycles. The molecule has 2 aromatic carbocycles. The standard InChI is InChI=1S/C13H8BrClF2N2O2/c14-9-4-12(17)13(5-11(9)16)18-6-7-3-8(19(20)21)1-2-10(7)15/h1-5,18H,6H2. The van der Waals surface area contributed by atoms with E-state index in [1.54, 1.807) is 0 Å². The van der Waals surface area contributed by atoms with Gasteiger partial charge in [-0.1, -0.05) is 11.6 Å². The van der Waals surface area contributed by atoms with Gasteiger partial charge in [0.2, 0.25) is 0 Å². The molecule has 0 heterocycles. The van der Waals surface area contributed by atoms with Crippen molar-refractivity contribution in [2.45, 2.75) is 6.54 Å². The van der Waals surface area contributed by atoms with E-state index in [0.29, 0.717) is 10.6 Å². The molecule has 0 aromatic heterocycles. The van der Waals surface area contributed by atoms with Crippen LogP contribution in [-0.4, -0.2) is 4.92 Å². The van der Waals surface area contributed by atoms with Gasteiger partial charge < -0.3 is 5.32 Å². The lowest BCUT2D eigenvalue weighted by Crippen LogP contribution is -2.03. The molecule has 0 bridgehead atoms. The number of rotatable bonds is 4. The maximum absolute atomic E-state index is 13.6. The average Bonchev–Trinajstić information content (AvgIpc) is 2.42. The molecule has 1 N–H and O–H groups in total. The average molecular weight is 378 g/mol. The van der Waals surface area contributed by atoms with E-state index in [1.165, 1.54) is 18.2 Å². The molecule has 0 aliphatic rings. The number of anilines is 1. The normalized spacial score (nSPS) is 10.5. The molecule has 21 heavy (non-hydrogen) atoms. The molecule has 2 rings (SSSR count). The van der Waals surface area contributed by atoms with Gasteiger partial charge in [-0.2, -0.15) is 0 Å². The number of halogens is 4. The number of hydrogen-bond donors (Lipinski definition) is 1. The van der Waals surface area contributed by atoms with E-state index < -0.39 is 16.6 Å². The van der Waals surface area contributed by atoms with E-state index in [0.717, 1.165) is 12.1 Å². The predicted octanol–water partition coefficient (Wildman–Crippen LogP) is 4.90. The van der Waals surface area contributed by atoms with Gasteiger partial charge in [-0.3, -0.25) is 10.1 Å². The van der Waals surface area contributed by atoms with E-state index in [9.17, 15) is 18.9 Å². The summed E-state index contributed by atoms with van der Waals surface area (Å²) in [6.45, 7) is 0.0263. The van der Waals surface area contributed by atoms with Gasteiger partial charge in [-0.05, 0) is 33.6 Å². The van der Waals surface area contributed by atoms with E-state index >= 15 is 0 Å². The highest BCUT2D eigenvalue weighted by Gasteiger charge is 2.12. The van der Waals surface area contributed by atoms with Gasteiger partial charge >= 0.3 is 0 Å². The van der Waals surface area contributed by atoms with Crippen molar-refractivity contribution >= 4 is 38.9 Å². The van der Waals surface area contributed by atoms with E-state index in [-0.39, 0.29) is 22.4 Å². The smallest absolute Gasteiger partial charge is 0.269 e. The molecular formula is C13H8BrClF2N2O2. The second kappa shape index (κ2) is 6.36. The van der Waals surface area contributed by atoms with Crippen molar-refractivity contribution in [1.29, 1.82) is 0 Å². The number of nitrogens with zero attached hydrogens (tertiary/aromatic N) is 1. The lowest BCUT2D eigenvalue weighted by Gasteiger charge is -2.10. The Morgan fingerprint density at radius 3 is 2.62 bits per heavy atom. The largest absolute Gasteiger partial charge is 0.378 e. The summed E-state index contributed by atoms with van der Waals surface area (Å²) in [5.41, 5.74) is 0.227. The van der Waals surface area contributed by atoms with E-state index in [4.69, 9.17) is 11.6 Å². The van der Waals surface area contributed by atoms with Crippen LogP contribution in [0.25, 0.3) is 0 Å². The Balaban J connectivity index is 2.22. The number of nitro benzene ring substituents is 1. The molecule has 0 atom stereocenters. The third-order valence-electron chi connectivity index (χ3n) is 2.72. The van der Waals surface area contributed by atoms with Crippen LogP contribution in [0.5, 0.6) is 0 Å². The minimum Gasteiger partial charge on any atom is -0.378 e. The van der Waals surface area contributed by atoms with Gasteiger partial charge in [-0.25, -0.2) is 8.78 Å². The summed E-state index contributed by atoms with van der Waals surface area (Å²) in [6.07, 6.45) is 0. The SMILES string of the molecule is O=[N+]([O-])c1ccc(Cl)c(CNc2cc(F)c(Br)cc2F)c1. The van der Waals surface area contributed by atoms with Crippen LogP contribution in [0.2, 0.25) is 5.02 Å². The minimum absolute atomic E-state index is 0.0129. The summed E-state index contributed by atoms with van der Waals surface area (Å²) < 4.78 is 27.0. The third-order valence-corrected chi connectivity index (χ3v) is 3.70. The molecule has 0 saturated heterocycles. The zero-order chi connectivity index (χ0) is 15.6. The summed E-state index contributed by atoms with van der Waals surface area (Å²) in [6, 6.07) is 5.92. The van der Waals surface area contributed by atoms with Crippen molar-refractivity contribution in [2.75, 3.05) is 5.32 Å². The van der Waals surface area contributed by atoms with Crippen LogP contribution in [0.3, 0.4) is 0 Å². The highest BCUT2D eigenvalue weighted by Crippen LogP contribution is 2.26. The first-order chi connectivity index (χ1) is 9.88. The predicted molar refractivity (Wildman–Crippen MR) is 79.5 cm³/mol. The molecule has 4 nitrogen and oxygen atoms in total. The van der Waals surface area contributed by atoms with Crippen LogP contribution in [0, 0.1) is 21.7 Å². The number of non-ortho nitro benzene ring substituents is 1. The van der Waals surface area contributed by atoms with E-state index in [2.05, 4.69) is 21.2 Å². The lowest BCUT2D eigenvalue weighted by atomic mass is 10.2. The first kappa shape index (κ1) is 15.7. The van der Waals surface area contributed by atoms with Crippen molar-refractivity contribution in [3.05, 3.63) is 67.1 Å². The highest BCUT2D eigenvalue weighted by atomic mass is 79.9. The van der Waals surface area contributed by atoms with Crippen molar-refractivity contribution in [3.8, 4) is 0 Å². The van der Waals surface area contributed by atoms with Gasteiger partial charge in [0.15, 0.2) is 0 Å². The van der Waals surface area contributed by atoms with Gasteiger partial charge in [0.1, 0.15) is 11.6 Å². The minimum atomic E-state index is -0.648. The Bertz CT molecular complexity index is 713. The van der Waals surface area contributed by atoms with Crippen molar-refractivity contribution in [2.24, 2.45) is 0 Å². The molecule has 8 heteroatoms. The number of hydrogen-bond acceptors (Lipinski definition) is 3. The van der Waals surface area contributed by atoms with Gasteiger partial charge in [-0.15, -0.1) is 0 Å². The van der Waals surface area contributed by atoms with Crippen LogP contribution < -0.4 is 5.32 Å². The Labute approximate surface area is 132 Å². The van der Waals surface area contributed by atoms with Crippen molar-refractivity contribution < 1.29 is 13.7 Å². The Hall–Kier alpha value is -1.73. The monoisotopic (exact) mass is 376 g/mol. The number of nitro groups is 1. The molecular weight excluding hydrogens is 370 g/mol. The van der Waals surface area contributed by atoms with Crippen LogP contribution in [0.1, 0.15) is 5.56 Å². The first-order valence-electron chi connectivity index (χ1n) is 5.69. The molecule has 0 fully saturated rings. The van der Waals surface area contributed by atoms with Crippen LogP contribution >= 0.6 is 27.5 Å². The number of nitrogens with one attached hydrogen (secondary N) is 1. The molecule has 110 valence electrons. The summed E-state index contributed by atoms with van der Waals surface area (Å²) >= 11 is 8.80. The van der Waals surface area contributed by atoms with Gasteiger partial charge in [0.05, 0.1) is 15.1 Å².